The summed E-state index contributed by atoms with van der Waals surface area (Å²) in [6.07, 6.45) is -4.44. The number of amides is 1. The van der Waals surface area contributed by atoms with E-state index in [9.17, 15) is 18.0 Å². The largest absolute Gasteiger partial charge is 0.482 e. The van der Waals surface area contributed by atoms with Crippen molar-refractivity contribution in [1.82, 2.24) is 0 Å². The summed E-state index contributed by atoms with van der Waals surface area (Å²) in [4.78, 5) is 11.8. The van der Waals surface area contributed by atoms with Crippen molar-refractivity contribution in [2.24, 2.45) is 11.7 Å². The van der Waals surface area contributed by atoms with Crippen LogP contribution in [0.3, 0.4) is 0 Å². The van der Waals surface area contributed by atoms with E-state index >= 15 is 0 Å². The van der Waals surface area contributed by atoms with E-state index in [0.717, 1.165) is 0 Å². The molecular formula is C13H17F3N2O2. The molecule has 0 heterocycles. The van der Waals surface area contributed by atoms with Gasteiger partial charge in [0, 0.05) is 0 Å². The van der Waals surface area contributed by atoms with Crippen LogP contribution in [0.25, 0.3) is 0 Å². The zero-order chi connectivity index (χ0) is 15.3. The van der Waals surface area contributed by atoms with Gasteiger partial charge in [-0.2, -0.15) is 13.2 Å². The van der Waals surface area contributed by atoms with E-state index in [4.69, 9.17) is 5.73 Å². The molecule has 20 heavy (non-hydrogen) atoms. The van der Waals surface area contributed by atoms with Gasteiger partial charge in [0.15, 0.2) is 6.61 Å². The van der Waals surface area contributed by atoms with Crippen LogP contribution in [0.1, 0.15) is 13.8 Å². The van der Waals surface area contributed by atoms with Crippen molar-refractivity contribution in [1.29, 1.82) is 0 Å². The van der Waals surface area contributed by atoms with Gasteiger partial charge >= 0.3 is 6.18 Å². The molecule has 3 N–H and O–H groups in total. The van der Waals surface area contributed by atoms with Gasteiger partial charge in [-0.25, -0.2) is 0 Å². The summed E-state index contributed by atoms with van der Waals surface area (Å²) in [5.41, 5.74) is 5.83. The second kappa shape index (κ2) is 6.60. The summed E-state index contributed by atoms with van der Waals surface area (Å²) >= 11 is 0. The lowest BCUT2D eigenvalue weighted by atomic mass is 10.0. The van der Waals surface area contributed by atoms with Gasteiger partial charge in [0.2, 0.25) is 5.91 Å². The van der Waals surface area contributed by atoms with E-state index in [-0.39, 0.29) is 17.4 Å². The van der Waals surface area contributed by atoms with Crippen LogP contribution in [0.5, 0.6) is 5.75 Å². The maximum absolute atomic E-state index is 12.1. The van der Waals surface area contributed by atoms with Crippen LogP contribution in [0.2, 0.25) is 0 Å². The van der Waals surface area contributed by atoms with Crippen LogP contribution in [0.15, 0.2) is 24.3 Å². The molecule has 1 rings (SSSR count). The molecule has 0 saturated carbocycles. The van der Waals surface area contributed by atoms with Gasteiger partial charge in [-0.05, 0) is 18.1 Å². The number of rotatable bonds is 5. The normalized spacial score (nSPS) is 13.2. The molecule has 0 unspecified atom stereocenters. The number of para-hydroxylation sites is 2. The highest BCUT2D eigenvalue weighted by Gasteiger charge is 2.29. The van der Waals surface area contributed by atoms with E-state index in [0.29, 0.717) is 0 Å². The number of nitrogens with one attached hydrogen (secondary N) is 1. The third kappa shape index (κ3) is 5.08. The molecule has 1 aromatic rings. The van der Waals surface area contributed by atoms with Gasteiger partial charge in [-0.1, -0.05) is 26.0 Å². The average Bonchev–Trinajstić information content (AvgIpc) is 2.35. The Morgan fingerprint density at radius 1 is 1.35 bits per heavy atom. The summed E-state index contributed by atoms with van der Waals surface area (Å²) < 4.78 is 41.1. The van der Waals surface area contributed by atoms with Gasteiger partial charge in [0.05, 0.1) is 11.7 Å². The molecule has 0 radical (unpaired) electrons. The number of carbonyl (C=O) groups is 1. The van der Waals surface area contributed by atoms with Crippen molar-refractivity contribution in [2.75, 3.05) is 11.9 Å². The number of ether oxygens (including phenoxy) is 1. The monoisotopic (exact) mass is 290 g/mol. The fourth-order valence-corrected chi connectivity index (χ4v) is 1.37. The SMILES string of the molecule is CC(C)[C@@H](N)C(=O)Nc1ccccc1OCC(F)(F)F. The second-order valence-corrected chi connectivity index (χ2v) is 4.66. The van der Waals surface area contributed by atoms with Gasteiger partial charge in [0.25, 0.3) is 0 Å². The Kier molecular flexibility index (Phi) is 5.38. The summed E-state index contributed by atoms with van der Waals surface area (Å²) in [5.74, 6) is -0.601. The van der Waals surface area contributed by atoms with Crippen molar-refractivity contribution >= 4 is 11.6 Å². The van der Waals surface area contributed by atoms with Crippen LogP contribution >= 0.6 is 0 Å². The highest BCUT2D eigenvalue weighted by Crippen LogP contribution is 2.26. The molecule has 0 aliphatic rings. The maximum atomic E-state index is 12.1. The highest BCUT2D eigenvalue weighted by atomic mass is 19.4. The molecule has 1 amide bonds. The number of hydrogen-bond acceptors (Lipinski definition) is 3. The Morgan fingerprint density at radius 3 is 2.50 bits per heavy atom. The maximum Gasteiger partial charge on any atom is 0.422 e. The molecule has 0 bridgehead atoms. The topological polar surface area (TPSA) is 64.4 Å². The van der Waals surface area contributed by atoms with Crippen molar-refractivity contribution < 1.29 is 22.7 Å². The molecule has 0 aromatic heterocycles. The first-order valence-corrected chi connectivity index (χ1v) is 6.05. The number of carbonyl (C=O) groups excluding carboxylic acids is 1. The first-order chi connectivity index (χ1) is 9.20. The van der Waals surface area contributed by atoms with Crippen LogP contribution in [-0.2, 0) is 4.79 Å². The Labute approximate surface area is 115 Å². The Morgan fingerprint density at radius 2 is 1.95 bits per heavy atom. The first kappa shape index (κ1) is 16.3. The van der Waals surface area contributed by atoms with E-state index in [1.165, 1.54) is 18.2 Å². The van der Waals surface area contributed by atoms with Crippen molar-refractivity contribution in [3.8, 4) is 5.75 Å². The molecule has 0 spiro atoms. The second-order valence-electron chi connectivity index (χ2n) is 4.66. The Balaban J connectivity index is 2.78. The summed E-state index contributed by atoms with van der Waals surface area (Å²) in [6.45, 7) is 2.13. The van der Waals surface area contributed by atoms with E-state index in [2.05, 4.69) is 10.1 Å². The Bertz CT molecular complexity index is 461. The fraction of sp³-hybridized carbons (Fsp3) is 0.462. The zero-order valence-corrected chi connectivity index (χ0v) is 11.2. The lowest BCUT2D eigenvalue weighted by Gasteiger charge is -2.17. The van der Waals surface area contributed by atoms with Gasteiger partial charge in [-0.3, -0.25) is 4.79 Å². The minimum atomic E-state index is -4.44. The molecule has 7 heteroatoms. The van der Waals surface area contributed by atoms with E-state index in [1.807, 2.05) is 0 Å². The summed E-state index contributed by atoms with van der Waals surface area (Å²) in [6, 6.07) is 5.16. The predicted octanol–water partition coefficient (Wildman–Crippen LogP) is 2.55. The standard InChI is InChI=1S/C13H17F3N2O2/c1-8(2)11(17)12(19)18-9-5-3-4-6-10(9)20-7-13(14,15)16/h3-6,8,11H,7,17H2,1-2H3,(H,18,19)/t11-/m1/s1. The van der Waals surface area contributed by atoms with Crippen LogP contribution in [0, 0.1) is 5.92 Å². The van der Waals surface area contributed by atoms with E-state index in [1.54, 1.807) is 19.9 Å². The van der Waals surface area contributed by atoms with E-state index < -0.39 is 24.7 Å². The number of alkyl halides is 3. The van der Waals surface area contributed by atoms with Gasteiger partial charge in [-0.15, -0.1) is 0 Å². The number of nitrogens with two attached hydrogens (primary N) is 1. The first-order valence-electron chi connectivity index (χ1n) is 6.05. The quantitative estimate of drug-likeness (QED) is 0.876. The third-order valence-electron chi connectivity index (χ3n) is 2.56. The fourth-order valence-electron chi connectivity index (χ4n) is 1.37. The molecule has 0 fully saturated rings. The van der Waals surface area contributed by atoms with Crippen molar-refractivity contribution in [3.63, 3.8) is 0 Å². The minimum absolute atomic E-state index is 0.0471. The predicted molar refractivity (Wildman–Crippen MR) is 69.4 cm³/mol. The summed E-state index contributed by atoms with van der Waals surface area (Å²) in [7, 11) is 0. The van der Waals surface area contributed by atoms with Gasteiger partial charge < -0.3 is 15.8 Å². The number of benzene rings is 1. The van der Waals surface area contributed by atoms with Crippen molar-refractivity contribution in [3.05, 3.63) is 24.3 Å². The van der Waals surface area contributed by atoms with Gasteiger partial charge in [0.1, 0.15) is 5.75 Å². The highest BCUT2D eigenvalue weighted by molar-refractivity contribution is 5.96. The lowest BCUT2D eigenvalue weighted by molar-refractivity contribution is -0.153. The van der Waals surface area contributed by atoms with Crippen LogP contribution in [-0.4, -0.2) is 24.7 Å². The Hall–Kier alpha value is -1.76. The molecule has 0 aliphatic carbocycles. The average molecular weight is 290 g/mol. The minimum Gasteiger partial charge on any atom is -0.482 e. The molecule has 4 nitrogen and oxygen atoms in total. The molecule has 1 aromatic carbocycles. The van der Waals surface area contributed by atoms with Crippen LogP contribution < -0.4 is 15.8 Å². The zero-order valence-electron chi connectivity index (χ0n) is 11.2. The number of anilines is 1. The molecular weight excluding hydrogens is 273 g/mol. The molecule has 1 atom stereocenters. The van der Waals surface area contributed by atoms with Crippen LogP contribution in [0.4, 0.5) is 18.9 Å². The summed E-state index contributed by atoms with van der Waals surface area (Å²) in [5, 5.41) is 2.47. The van der Waals surface area contributed by atoms with Crippen molar-refractivity contribution in [2.45, 2.75) is 26.1 Å². The molecule has 112 valence electrons. The molecule has 0 aliphatic heterocycles. The third-order valence-corrected chi connectivity index (χ3v) is 2.56. The number of halogens is 3. The molecule has 0 saturated heterocycles. The smallest absolute Gasteiger partial charge is 0.422 e. The number of hydrogen-bond donors (Lipinski definition) is 2. The lowest BCUT2D eigenvalue weighted by Crippen LogP contribution is -2.39.